The number of carbonyl (C=O) groups is 1. The molecule has 0 saturated carbocycles. The Labute approximate surface area is 225 Å². The maximum atomic E-state index is 13.9. The molecular weight excluding hydrogens is 504 g/mol. The highest BCUT2D eigenvalue weighted by molar-refractivity contribution is 7.07. The molecule has 0 bridgehead atoms. The molecule has 4 rings (SSSR count). The molecule has 0 N–H and O–H groups in total. The number of nitrogens with zero attached hydrogens (tertiary/aromatic N) is 2. The minimum atomic E-state index is -0.756. The van der Waals surface area contributed by atoms with Gasteiger partial charge in [0.15, 0.2) is 4.80 Å². The van der Waals surface area contributed by atoms with Gasteiger partial charge in [-0.25, -0.2) is 9.79 Å². The molecule has 1 atom stereocenters. The van der Waals surface area contributed by atoms with E-state index < -0.39 is 12.0 Å². The highest BCUT2D eigenvalue weighted by Gasteiger charge is 2.35. The first-order chi connectivity index (χ1) is 18.4. The van der Waals surface area contributed by atoms with Crippen LogP contribution in [-0.2, 0) is 14.3 Å². The minimum absolute atomic E-state index is 0.0913. The number of ether oxygens (including phenoxy) is 4. The Morgan fingerprint density at radius 2 is 1.89 bits per heavy atom. The Morgan fingerprint density at radius 3 is 2.61 bits per heavy atom. The molecule has 1 aromatic heterocycles. The topological polar surface area (TPSA) is 88.4 Å². The van der Waals surface area contributed by atoms with E-state index in [0.717, 1.165) is 23.3 Å². The summed E-state index contributed by atoms with van der Waals surface area (Å²) in [5.41, 5.74) is 3.12. The Bertz CT molecular complexity index is 1540. The number of rotatable bonds is 10. The summed E-state index contributed by atoms with van der Waals surface area (Å²) in [5, 5.41) is 0. The summed E-state index contributed by atoms with van der Waals surface area (Å²) in [6.45, 7) is 6.61. The van der Waals surface area contributed by atoms with Crippen molar-refractivity contribution in [1.82, 2.24) is 4.57 Å². The predicted octanol–water partition coefficient (Wildman–Crippen LogP) is 3.53. The van der Waals surface area contributed by atoms with Crippen molar-refractivity contribution in [2.24, 2.45) is 4.99 Å². The quantitative estimate of drug-likeness (QED) is 0.291. The Kier molecular flexibility index (Phi) is 8.81. The molecule has 0 aliphatic carbocycles. The molecule has 3 aromatic rings. The molecule has 0 spiro atoms. The molecule has 0 amide bonds. The van der Waals surface area contributed by atoms with E-state index in [1.807, 2.05) is 62.4 Å². The lowest BCUT2D eigenvalue weighted by atomic mass is 9.95. The SMILES string of the molecule is CCCOc1ccccc1[C@H]1C(C(=O)OCCOC)=C(C)N=c2s/c(=C/c3ccc(OC)cc3C)c(=O)n21. The van der Waals surface area contributed by atoms with Crippen molar-refractivity contribution in [2.45, 2.75) is 33.2 Å². The number of hydrogen-bond acceptors (Lipinski definition) is 8. The Morgan fingerprint density at radius 1 is 1.11 bits per heavy atom. The van der Waals surface area contributed by atoms with Gasteiger partial charge in [-0.2, -0.15) is 0 Å². The maximum absolute atomic E-state index is 13.9. The van der Waals surface area contributed by atoms with Crippen molar-refractivity contribution in [2.75, 3.05) is 34.0 Å². The zero-order valence-corrected chi connectivity index (χ0v) is 23.1. The fourth-order valence-electron chi connectivity index (χ4n) is 4.30. The zero-order chi connectivity index (χ0) is 27.2. The number of methoxy groups -OCH3 is 2. The second-order valence-corrected chi connectivity index (χ2v) is 9.83. The summed E-state index contributed by atoms with van der Waals surface area (Å²) < 4.78 is 24.0. The van der Waals surface area contributed by atoms with E-state index in [2.05, 4.69) is 4.99 Å². The van der Waals surface area contributed by atoms with Gasteiger partial charge in [0.25, 0.3) is 5.56 Å². The van der Waals surface area contributed by atoms with E-state index in [0.29, 0.717) is 38.5 Å². The van der Waals surface area contributed by atoms with Crippen LogP contribution in [0.1, 0.15) is 43.0 Å². The van der Waals surface area contributed by atoms with Crippen LogP contribution in [0.2, 0.25) is 0 Å². The Balaban J connectivity index is 1.91. The molecule has 2 aromatic carbocycles. The van der Waals surface area contributed by atoms with Crippen LogP contribution in [0.5, 0.6) is 11.5 Å². The van der Waals surface area contributed by atoms with Gasteiger partial charge < -0.3 is 18.9 Å². The van der Waals surface area contributed by atoms with Gasteiger partial charge in [-0.15, -0.1) is 0 Å². The molecule has 0 saturated heterocycles. The van der Waals surface area contributed by atoms with E-state index in [4.69, 9.17) is 18.9 Å². The molecule has 0 radical (unpaired) electrons. The van der Waals surface area contributed by atoms with Crippen LogP contribution < -0.4 is 24.4 Å². The van der Waals surface area contributed by atoms with Crippen molar-refractivity contribution in [3.8, 4) is 11.5 Å². The molecule has 2 heterocycles. The second kappa shape index (κ2) is 12.2. The van der Waals surface area contributed by atoms with Gasteiger partial charge in [0, 0.05) is 12.7 Å². The van der Waals surface area contributed by atoms with Crippen molar-refractivity contribution < 1.29 is 23.7 Å². The number of esters is 1. The normalized spacial score (nSPS) is 15.2. The molecule has 9 heteroatoms. The van der Waals surface area contributed by atoms with Crippen LogP contribution in [0.15, 0.2) is 63.5 Å². The van der Waals surface area contributed by atoms with Crippen LogP contribution >= 0.6 is 11.3 Å². The third kappa shape index (κ3) is 5.58. The largest absolute Gasteiger partial charge is 0.497 e. The highest BCUT2D eigenvalue weighted by atomic mass is 32.1. The molecule has 0 fully saturated rings. The first-order valence-electron chi connectivity index (χ1n) is 12.4. The third-order valence-corrected chi connectivity index (χ3v) is 7.18. The van der Waals surface area contributed by atoms with Crippen LogP contribution in [-0.4, -0.2) is 44.6 Å². The molecule has 1 aliphatic heterocycles. The number of benzene rings is 2. The predicted molar refractivity (Wildman–Crippen MR) is 147 cm³/mol. The van der Waals surface area contributed by atoms with E-state index in [-0.39, 0.29) is 18.8 Å². The number of carbonyl (C=O) groups excluding carboxylic acids is 1. The third-order valence-electron chi connectivity index (χ3n) is 6.20. The first kappa shape index (κ1) is 27.3. The monoisotopic (exact) mass is 536 g/mol. The number of allylic oxidation sites excluding steroid dienone is 1. The van der Waals surface area contributed by atoms with Crippen LogP contribution in [0.3, 0.4) is 0 Å². The minimum Gasteiger partial charge on any atom is -0.497 e. The fraction of sp³-hybridized carbons (Fsp3) is 0.345. The summed E-state index contributed by atoms with van der Waals surface area (Å²) in [5.74, 6) is 0.813. The molecule has 200 valence electrons. The molecule has 1 aliphatic rings. The summed E-state index contributed by atoms with van der Waals surface area (Å²) in [6.07, 6.45) is 2.67. The second-order valence-electron chi connectivity index (χ2n) is 8.82. The van der Waals surface area contributed by atoms with Gasteiger partial charge in [0.1, 0.15) is 24.1 Å². The molecule has 0 unspecified atom stereocenters. The van der Waals surface area contributed by atoms with Crippen LogP contribution in [0.4, 0.5) is 0 Å². The lowest BCUT2D eigenvalue weighted by Gasteiger charge is -2.26. The summed E-state index contributed by atoms with van der Waals surface area (Å²) >= 11 is 1.29. The maximum Gasteiger partial charge on any atom is 0.338 e. The highest BCUT2D eigenvalue weighted by Crippen LogP contribution is 2.36. The van der Waals surface area contributed by atoms with E-state index in [1.54, 1.807) is 18.6 Å². The first-order valence-corrected chi connectivity index (χ1v) is 13.3. The number of aromatic nitrogens is 1. The number of fused-ring (bicyclic) bond motifs is 1. The van der Waals surface area contributed by atoms with Crippen molar-refractivity contribution >= 4 is 23.4 Å². The summed E-state index contributed by atoms with van der Waals surface area (Å²) in [6, 6.07) is 12.4. The summed E-state index contributed by atoms with van der Waals surface area (Å²) in [7, 11) is 3.16. The van der Waals surface area contributed by atoms with Gasteiger partial charge in [0.2, 0.25) is 0 Å². The standard InChI is InChI=1S/C29H32N2O6S/c1-6-13-36-23-10-8-7-9-22(23)26-25(28(33)37-15-14-34-4)19(3)30-29-31(26)27(32)24(38-29)17-20-11-12-21(35-5)16-18(20)2/h7-12,16-17,26H,6,13-15H2,1-5H3/b24-17+/t26-/m0/s1. The van der Waals surface area contributed by atoms with E-state index in [9.17, 15) is 9.59 Å². The number of para-hydroxylation sites is 1. The smallest absolute Gasteiger partial charge is 0.338 e. The Hall–Kier alpha value is -3.69. The van der Waals surface area contributed by atoms with Gasteiger partial charge in [-0.05, 0) is 55.7 Å². The molecule has 38 heavy (non-hydrogen) atoms. The van der Waals surface area contributed by atoms with Crippen molar-refractivity contribution in [3.05, 3.63) is 90.1 Å². The molecular formula is C29H32N2O6S. The van der Waals surface area contributed by atoms with Crippen LogP contribution in [0, 0.1) is 6.92 Å². The van der Waals surface area contributed by atoms with Crippen molar-refractivity contribution in [1.29, 1.82) is 0 Å². The van der Waals surface area contributed by atoms with Gasteiger partial charge in [-0.1, -0.05) is 42.5 Å². The fourth-order valence-corrected chi connectivity index (χ4v) is 5.34. The zero-order valence-electron chi connectivity index (χ0n) is 22.3. The molecule has 8 nitrogen and oxygen atoms in total. The van der Waals surface area contributed by atoms with Gasteiger partial charge in [0.05, 0.1) is 36.1 Å². The van der Waals surface area contributed by atoms with Crippen LogP contribution in [0.25, 0.3) is 6.08 Å². The van der Waals surface area contributed by atoms with Crippen molar-refractivity contribution in [3.63, 3.8) is 0 Å². The van der Waals surface area contributed by atoms with E-state index in [1.165, 1.54) is 18.4 Å². The number of thiazole rings is 1. The van der Waals surface area contributed by atoms with Gasteiger partial charge >= 0.3 is 5.97 Å². The average Bonchev–Trinajstić information content (AvgIpc) is 3.22. The average molecular weight is 537 g/mol. The lowest BCUT2D eigenvalue weighted by molar-refractivity contribution is -0.140. The number of aryl methyl sites for hydroxylation is 1. The number of hydrogen-bond donors (Lipinski definition) is 0. The van der Waals surface area contributed by atoms with E-state index >= 15 is 0 Å². The summed E-state index contributed by atoms with van der Waals surface area (Å²) in [4.78, 5) is 32.4. The van der Waals surface area contributed by atoms with Gasteiger partial charge in [-0.3, -0.25) is 9.36 Å². The lowest BCUT2D eigenvalue weighted by Crippen LogP contribution is -2.40.